The quantitative estimate of drug-likeness (QED) is 0.785. The van der Waals surface area contributed by atoms with E-state index in [2.05, 4.69) is 4.98 Å². The summed E-state index contributed by atoms with van der Waals surface area (Å²) in [5.41, 5.74) is 2.50. The lowest BCUT2D eigenvalue weighted by molar-refractivity contribution is -0.131. The van der Waals surface area contributed by atoms with E-state index in [4.69, 9.17) is 16.7 Å². The first kappa shape index (κ1) is 10.8. The van der Waals surface area contributed by atoms with E-state index in [1.54, 1.807) is 19.2 Å². The average molecular weight is 236 g/mol. The molecule has 0 spiro atoms. The van der Waals surface area contributed by atoms with Crippen molar-refractivity contribution in [3.63, 3.8) is 0 Å². The Balaban J connectivity index is 2.58. The fourth-order valence-electron chi connectivity index (χ4n) is 1.69. The van der Waals surface area contributed by atoms with Crippen LogP contribution in [0.1, 0.15) is 12.5 Å². The van der Waals surface area contributed by atoms with Crippen LogP contribution in [0.25, 0.3) is 16.5 Å². The molecule has 3 nitrogen and oxygen atoms in total. The summed E-state index contributed by atoms with van der Waals surface area (Å²) in [6.07, 6.45) is 2.98. The molecule has 0 fully saturated rings. The van der Waals surface area contributed by atoms with Gasteiger partial charge in [0.25, 0.3) is 0 Å². The van der Waals surface area contributed by atoms with Gasteiger partial charge >= 0.3 is 5.97 Å². The number of aliphatic carboxylic acids is 1. The number of allylic oxidation sites excluding steroid dienone is 1. The number of aromatic amines is 1. The molecule has 0 radical (unpaired) electrons. The first-order chi connectivity index (χ1) is 7.58. The highest BCUT2D eigenvalue weighted by Crippen LogP contribution is 2.26. The summed E-state index contributed by atoms with van der Waals surface area (Å²) >= 11 is 5.86. The molecule has 0 bridgehead atoms. The number of nitrogens with one attached hydrogen (secondary N) is 1. The third kappa shape index (κ3) is 1.95. The molecule has 2 rings (SSSR count). The molecule has 0 saturated carbocycles. The highest BCUT2D eigenvalue weighted by atomic mass is 35.5. The lowest BCUT2D eigenvalue weighted by atomic mass is 10.1. The second-order valence-electron chi connectivity index (χ2n) is 3.56. The van der Waals surface area contributed by atoms with E-state index in [1.807, 2.05) is 12.1 Å². The highest BCUT2D eigenvalue weighted by molar-refractivity contribution is 6.31. The maximum atomic E-state index is 10.6. The maximum Gasteiger partial charge on any atom is 0.328 e. The van der Waals surface area contributed by atoms with Crippen molar-refractivity contribution in [3.05, 3.63) is 41.1 Å². The van der Waals surface area contributed by atoms with Gasteiger partial charge in [-0.15, -0.1) is 0 Å². The normalized spacial score (nSPS) is 12.0. The number of aromatic nitrogens is 1. The number of fused-ring (bicyclic) bond motifs is 1. The number of carbonyl (C=O) groups is 1. The lowest BCUT2D eigenvalue weighted by Crippen LogP contribution is -1.89. The van der Waals surface area contributed by atoms with Crippen LogP contribution in [-0.4, -0.2) is 16.1 Å². The van der Waals surface area contributed by atoms with Gasteiger partial charge in [-0.05, 0) is 24.6 Å². The van der Waals surface area contributed by atoms with Crippen molar-refractivity contribution in [2.45, 2.75) is 6.92 Å². The predicted octanol–water partition coefficient (Wildman–Crippen LogP) is 3.31. The molecule has 0 atom stereocenters. The SMILES string of the molecule is C/C(=C\C(=O)O)c1c[nH]c2cc(Cl)ccc12. The van der Waals surface area contributed by atoms with Crippen LogP contribution < -0.4 is 0 Å². The molecular formula is C12H10ClNO2. The summed E-state index contributed by atoms with van der Waals surface area (Å²) in [6, 6.07) is 5.48. The molecule has 0 aliphatic rings. The Morgan fingerprint density at radius 1 is 1.50 bits per heavy atom. The molecule has 0 saturated heterocycles. The van der Waals surface area contributed by atoms with Crippen LogP contribution in [0.15, 0.2) is 30.5 Å². The van der Waals surface area contributed by atoms with Crippen molar-refractivity contribution in [1.29, 1.82) is 0 Å². The van der Waals surface area contributed by atoms with Gasteiger partial charge in [0, 0.05) is 33.8 Å². The Morgan fingerprint density at radius 3 is 2.94 bits per heavy atom. The van der Waals surface area contributed by atoms with Crippen LogP contribution in [0.3, 0.4) is 0 Å². The minimum absolute atomic E-state index is 0.653. The molecule has 16 heavy (non-hydrogen) atoms. The van der Waals surface area contributed by atoms with Gasteiger partial charge < -0.3 is 10.1 Å². The Bertz CT molecular complexity index is 584. The highest BCUT2D eigenvalue weighted by Gasteiger charge is 2.06. The Morgan fingerprint density at radius 2 is 2.25 bits per heavy atom. The Hall–Kier alpha value is -1.74. The molecule has 0 aliphatic carbocycles. The van der Waals surface area contributed by atoms with Crippen LogP contribution >= 0.6 is 11.6 Å². The van der Waals surface area contributed by atoms with Gasteiger partial charge in [0.2, 0.25) is 0 Å². The predicted molar refractivity (Wildman–Crippen MR) is 64.6 cm³/mol. The molecule has 82 valence electrons. The Labute approximate surface area is 97.4 Å². The zero-order valence-electron chi connectivity index (χ0n) is 8.62. The molecule has 0 amide bonds. The number of H-pyrrole nitrogens is 1. The maximum absolute atomic E-state index is 10.6. The molecule has 1 aromatic heterocycles. The zero-order chi connectivity index (χ0) is 11.7. The average Bonchev–Trinajstić information content (AvgIpc) is 2.59. The van der Waals surface area contributed by atoms with Gasteiger partial charge in [0.15, 0.2) is 0 Å². The largest absolute Gasteiger partial charge is 0.478 e. The fraction of sp³-hybridized carbons (Fsp3) is 0.0833. The van der Waals surface area contributed by atoms with E-state index in [-0.39, 0.29) is 0 Å². The van der Waals surface area contributed by atoms with E-state index in [0.29, 0.717) is 10.6 Å². The van der Waals surface area contributed by atoms with Gasteiger partial charge in [-0.1, -0.05) is 17.7 Å². The van der Waals surface area contributed by atoms with Crippen LogP contribution in [0.5, 0.6) is 0 Å². The van der Waals surface area contributed by atoms with Crippen molar-refractivity contribution in [3.8, 4) is 0 Å². The lowest BCUT2D eigenvalue weighted by Gasteiger charge is -1.98. The number of halogens is 1. The summed E-state index contributed by atoms with van der Waals surface area (Å²) in [7, 11) is 0. The number of hydrogen-bond acceptors (Lipinski definition) is 1. The van der Waals surface area contributed by atoms with Crippen molar-refractivity contribution in [2.24, 2.45) is 0 Å². The van der Waals surface area contributed by atoms with E-state index in [0.717, 1.165) is 16.5 Å². The van der Waals surface area contributed by atoms with Crippen LogP contribution in [0, 0.1) is 0 Å². The molecule has 2 N–H and O–H groups in total. The zero-order valence-corrected chi connectivity index (χ0v) is 9.38. The van der Waals surface area contributed by atoms with E-state index in [1.165, 1.54) is 6.08 Å². The van der Waals surface area contributed by atoms with Gasteiger partial charge in [-0.2, -0.15) is 0 Å². The summed E-state index contributed by atoms with van der Waals surface area (Å²) < 4.78 is 0. The second-order valence-corrected chi connectivity index (χ2v) is 3.99. The van der Waals surface area contributed by atoms with Crippen LogP contribution in [-0.2, 0) is 4.79 Å². The third-order valence-electron chi connectivity index (χ3n) is 2.41. The van der Waals surface area contributed by atoms with E-state index >= 15 is 0 Å². The Kier molecular flexibility index (Phi) is 2.71. The van der Waals surface area contributed by atoms with Crippen molar-refractivity contribution < 1.29 is 9.90 Å². The monoisotopic (exact) mass is 235 g/mol. The minimum atomic E-state index is -0.944. The number of carboxylic acids is 1. The third-order valence-corrected chi connectivity index (χ3v) is 2.64. The van der Waals surface area contributed by atoms with Gasteiger partial charge in [-0.3, -0.25) is 0 Å². The second kappa shape index (κ2) is 4.02. The minimum Gasteiger partial charge on any atom is -0.478 e. The van der Waals surface area contributed by atoms with Crippen molar-refractivity contribution >= 4 is 34.0 Å². The van der Waals surface area contributed by atoms with Gasteiger partial charge in [0.05, 0.1) is 0 Å². The number of hydrogen-bond donors (Lipinski definition) is 2. The summed E-state index contributed by atoms with van der Waals surface area (Å²) in [6.45, 7) is 1.77. The first-order valence-electron chi connectivity index (χ1n) is 4.76. The molecular weight excluding hydrogens is 226 g/mol. The van der Waals surface area contributed by atoms with Gasteiger partial charge in [0.1, 0.15) is 0 Å². The van der Waals surface area contributed by atoms with Crippen LogP contribution in [0.4, 0.5) is 0 Å². The van der Waals surface area contributed by atoms with E-state index in [9.17, 15) is 4.79 Å². The van der Waals surface area contributed by atoms with E-state index < -0.39 is 5.97 Å². The van der Waals surface area contributed by atoms with Crippen LogP contribution in [0.2, 0.25) is 5.02 Å². The standard InChI is InChI=1S/C12H10ClNO2/c1-7(4-12(15)16)10-6-14-11-5-8(13)2-3-9(10)11/h2-6,14H,1H3,(H,15,16)/b7-4+. The topological polar surface area (TPSA) is 53.1 Å². The molecule has 0 aliphatic heterocycles. The summed E-state index contributed by atoms with van der Waals surface area (Å²) in [5.74, 6) is -0.944. The molecule has 1 aromatic carbocycles. The molecule has 4 heteroatoms. The first-order valence-corrected chi connectivity index (χ1v) is 5.14. The number of benzene rings is 1. The van der Waals surface area contributed by atoms with Crippen molar-refractivity contribution in [1.82, 2.24) is 4.98 Å². The summed E-state index contributed by atoms with van der Waals surface area (Å²) in [4.78, 5) is 13.7. The van der Waals surface area contributed by atoms with Crippen molar-refractivity contribution in [2.75, 3.05) is 0 Å². The molecule has 2 aromatic rings. The molecule has 0 unspecified atom stereocenters. The molecule has 1 heterocycles. The smallest absolute Gasteiger partial charge is 0.328 e. The number of carboxylic acid groups (broad SMARTS) is 1. The number of rotatable bonds is 2. The fourth-order valence-corrected chi connectivity index (χ4v) is 1.86. The summed E-state index contributed by atoms with van der Waals surface area (Å²) in [5, 5.41) is 10.3. The van der Waals surface area contributed by atoms with Gasteiger partial charge in [-0.25, -0.2) is 4.79 Å².